The third-order valence-corrected chi connectivity index (χ3v) is 4.21. The van der Waals surface area contributed by atoms with E-state index in [1.807, 2.05) is 24.3 Å². The van der Waals surface area contributed by atoms with Crippen molar-refractivity contribution in [2.45, 2.75) is 31.0 Å². The average molecular weight is 289 g/mol. The van der Waals surface area contributed by atoms with Crippen molar-refractivity contribution in [3.63, 3.8) is 0 Å². The summed E-state index contributed by atoms with van der Waals surface area (Å²) in [6.45, 7) is 0.567. The van der Waals surface area contributed by atoms with Gasteiger partial charge in [0.25, 0.3) is 0 Å². The first-order valence-corrected chi connectivity index (χ1v) is 7.09. The van der Waals surface area contributed by atoms with Gasteiger partial charge in [-0.25, -0.2) is 0 Å². The van der Waals surface area contributed by atoms with Crippen LogP contribution in [0.25, 0.3) is 0 Å². The molecular formula is C15H19N3O3. The summed E-state index contributed by atoms with van der Waals surface area (Å²) >= 11 is 0. The summed E-state index contributed by atoms with van der Waals surface area (Å²) in [5.74, 6) is 0.588. The van der Waals surface area contributed by atoms with E-state index in [9.17, 15) is 9.59 Å². The van der Waals surface area contributed by atoms with E-state index in [0.29, 0.717) is 19.4 Å². The maximum Gasteiger partial charge on any atom is 0.246 e. The first-order chi connectivity index (χ1) is 10.1. The molecule has 2 aliphatic heterocycles. The molecule has 0 aliphatic carbocycles. The SMILES string of the molecule is COc1ccc(C[C@H]2NC(=O)[C@@H]3[C@@H](N)CCN3C2=O)cc1. The minimum atomic E-state index is -0.507. The number of methoxy groups -OCH3 is 1. The summed E-state index contributed by atoms with van der Waals surface area (Å²) in [5.41, 5.74) is 6.89. The van der Waals surface area contributed by atoms with Gasteiger partial charge in [-0.1, -0.05) is 12.1 Å². The Labute approximate surface area is 123 Å². The van der Waals surface area contributed by atoms with E-state index in [-0.39, 0.29) is 17.9 Å². The minimum Gasteiger partial charge on any atom is -0.497 e. The zero-order chi connectivity index (χ0) is 15.0. The van der Waals surface area contributed by atoms with Gasteiger partial charge in [0.15, 0.2) is 0 Å². The van der Waals surface area contributed by atoms with Gasteiger partial charge in [0.1, 0.15) is 17.8 Å². The lowest BCUT2D eigenvalue weighted by molar-refractivity contribution is -0.147. The predicted molar refractivity (Wildman–Crippen MR) is 76.7 cm³/mol. The molecule has 112 valence electrons. The van der Waals surface area contributed by atoms with E-state index in [4.69, 9.17) is 10.5 Å². The monoisotopic (exact) mass is 289 g/mol. The van der Waals surface area contributed by atoms with Crippen molar-refractivity contribution in [3.8, 4) is 5.75 Å². The lowest BCUT2D eigenvalue weighted by atomic mass is 10.00. The van der Waals surface area contributed by atoms with E-state index in [0.717, 1.165) is 11.3 Å². The smallest absolute Gasteiger partial charge is 0.246 e. The molecule has 0 unspecified atom stereocenters. The molecule has 2 heterocycles. The Balaban J connectivity index is 1.74. The second-order valence-electron chi connectivity index (χ2n) is 5.54. The van der Waals surface area contributed by atoms with Gasteiger partial charge in [0, 0.05) is 19.0 Å². The van der Waals surface area contributed by atoms with Crippen molar-refractivity contribution in [2.24, 2.45) is 5.73 Å². The number of nitrogens with one attached hydrogen (secondary N) is 1. The number of hydrogen-bond acceptors (Lipinski definition) is 4. The van der Waals surface area contributed by atoms with E-state index in [2.05, 4.69) is 5.32 Å². The summed E-state index contributed by atoms with van der Waals surface area (Å²) in [4.78, 5) is 26.2. The van der Waals surface area contributed by atoms with Crippen LogP contribution in [0.15, 0.2) is 24.3 Å². The highest BCUT2D eigenvalue weighted by molar-refractivity contribution is 5.98. The third-order valence-electron chi connectivity index (χ3n) is 4.21. The number of fused-ring (bicyclic) bond motifs is 1. The first-order valence-electron chi connectivity index (χ1n) is 7.09. The normalized spacial score (nSPS) is 28.3. The van der Waals surface area contributed by atoms with Gasteiger partial charge in [-0.2, -0.15) is 0 Å². The number of amides is 2. The lowest BCUT2D eigenvalue weighted by Gasteiger charge is -2.35. The summed E-state index contributed by atoms with van der Waals surface area (Å²) in [7, 11) is 1.61. The van der Waals surface area contributed by atoms with E-state index in [1.54, 1.807) is 12.0 Å². The van der Waals surface area contributed by atoms with Gasteiger partial charge < -0.3 is 20.7 Å². The number of piperazine rings is 1. The van der Waals surface area contributed by atoms with Crippen LogP contribution in [-0.2, 0) is 16.0 Å². The van der Waals surface area contributed by atoms with Crippen LogP contribution in [-0.4, -0.2) is 48.5 Å². The lowest BCUT2D eigenvalue weighted by Crippen LogP contribution is -2.64. The summed E-state index contributed by atoms with van der Waals surface area (Å²) < 4.78 is 5.11. The number of carbonyl (C=O) groups is 2. The van der Waals surface area contributed by atoms with Crippen LogP contribution in [0.1, 0.15) is 12.0 Å². The minimum absolute atomic E-state index is 0.0385. The fourth-order valence-electron chi connectivity index (χ4n) is 3.05. The number of ether oxygens (including phenoxy) is 1. The van der Waals surface area contributed by atoms with Gasteiger partial charge >= 0.3 is 0 Å². The largest absolute Gasteiger partial charge is 0.497 e. The number of nitrogens with zero attached hydrogens (tertiary/aromatic N) is 1. The Morgan fingerprint density at radius 1 is 1.33 bits per heavy atom. The van der Waals surface area contributed by atoms with Crippen LogP contribution in [0.2, 0.25) is 0 Å². The topological polar surface area (TPSA) is 84.7 Å². The van der Waals surface area contributed by atoms with E-state index >= 15 is 0 Å². The Bertz CT molecular complexity index is 558. The molecule has 2 fully saturated rings. The third kappa shape index (κ3) is 2.47. The molecule has 0 bridgehead atoms. The molecule has 1 aromatic carbocycles. The Morgan fingerprint density at radius 3 is 2.71 bits per heavy atom. The van der Waals surface area contributed by atoms with Crippen molar-refractivity contribution in [1.82, 2.24) is 10.2 Å². The summed E-state index contributed by atoms with van der Waals surface area (Å²) in [6.07, 6.45) is 1.16. The molecule has 2 amide bonds. The zero-order valence-corrected chi connectivity index (χ0v) is 11.9. The number of hydrogen-bond donors (Lipinski definition) is 2. The van der Waals surface area contributed by atoms with Crippen molar-refractivity contribution < 1.29 is 14.3 Å². The van der Waals surface area contributed by atoms with E-state index < -0.39 is 12.1 Å². The maximum atomic E-state index is 12.5. The number of benzene rings is 1. The van der Waals surface area contributed by atoms with Gasteiger partial charge in [0.2, 0.25) is 11.8 Å². The van der Waals surface area contributed by atoms with Gasteiger partial charge in [-0.3, -0.25) is 9.59 Å². The van der Waals surface area contributed by atoms with Crippen LogP contribution in [0.4, 0.5) is 0 Å². The highest BCUT2D eigenvalue weighted by atomic mass is 16.5. The number of rotatable bonds is 3. The fourth-order valence-corrected chi connectivity index (χ4v) is 3.05. The van der Waals surface area contributed by atoms with Crippen molar-refractivity contribution in [3.05, 3.63) is 29.8 Å². The van der Waals surface area contributed by atoms with E-state index in [1.165, 1.54) is 0 Å². The number of carbonyl (C=O) groups excluding carboxylic acids is 2. The standard InChI is InChI=1S/C15H19N3O3/c1-21-10-4-2-9(3-5-10)8-12-15(20)18-7-6-11(16)13(18)14(19)17-12/h2-5,11-13H,6-8,16H2,1H3,(H,17,19)/t11-,12+,13-/m0/s1. The second-order valence-corrected chi connectivity index (χ2v) is 5.54. The molecule has 6 nitrogen and oxygen atoms in total. The highest BCUT2D eigenvalue weighted by Gasteiger charge is 2.46. The van der Waals surface area contributed by atoms with Crippen molar-refractivity contribution in [1.29, 1.82) is 0 Å². The highest BCUT2D eigenvalue weighted by Crippen LogP contribution is 2.23. The fraction of sp³-hybridized carbons (Fsp3) is 0.467. The molecule has 0 saturated carbocycles. The molecule has 6 heteroatoms. The van der Waals surface area contributed by atoms with Crippen LogP contribution < -0.4 is 15.8 Å². The molecular weight excluding hydrogens is 270 g/mol. The molecule has 2 aliphatic rings. The van der Waals surface area contributed by atoms with Crippen LogP contribution >= 0.6 is 0 Å². The Kier molecular flexibility index (Phi) is 3.55. The molecule has 1 aromatic rings. The molecule has 3 rings (SSSR count). The Hall–Kier alpha value is -2.08. The molecule has 0 spiro atoms. The molecule has 2 saturated heterocycles. The Morgan fingerprint density at radius 2 is 2.05 bits per heavy atom. The maximum absolute atomic E-state index is 12.5. The predicted octanol–water partition coefficient (Wildman–Crippen LogP) is -0.336. The zero-order valence-electron chi connectivity index (χ0n) is 11.9. The molecule has 3 N–H and O–H groups in total. The van der Waals surface area contributed by atoms with Crippen molar-refractivity contribution >= 4 is 11.8 Å². The van der Waals surface area contributed by atoms with Gasteiger partial charge in [-0.15, -0.1) is 0 Å². The van der Waals surface area contributed by atoms with Gasteiger partial charge in [0.05, 0.1) is 7.11 Å². The second kappa shape index (κ2) is 5.37. The average Bonchev–Trinajstić information content (AvgIpc) is 2.88. The van der Waals surface area contributed by atoms with Crippen molar-refractivity contribution in [2.75, 3.05) is 13.7 Å². The summed E-state index contributed by atoms with van der Waals surface area (Å²) in [6, 6.07) is 6.24. The summed E-state index contributed by atoms with van der Waals surface area (Å²) in [5, 5.41) is 2.80. The van der Waals surface area contributed by atoms with Crippen LogP contribution in [0, 0.1) is 0 Å². The molecule has 0 aromatic heterocycles. The van der Waals surface area contributed by atoms with Crippen LogP contribution in [0.3, 0.4) is 0 Å². The molecule has 3 atom stereocenters. The van der Waals surface area contributed by atoms with Gasteiger partial charge in [-0.05, 0) is 24.1 Å². The molecule has 21 heavy (non-hydrogen) atoms. The number of nitrogens with two attached hydrogens (primary N) is 1. The quantitative estimate of drug-likeness (QED) is 0.797. The first kappa shape index (κ1) is 13.9. The van der Waals surface area contributed by atoms with Crippen LogP contribution in [0.5, 0.6) is 5.75 Å². The molecule has 0 radical (unpaired) electrons.